The molecule has 0 N–H and O–H groups in total. The molecule has 1 aliphatic rings. The molecular weight excluding hydrogens is 256 g/mol. The van der Waals surface area contributed by atoms with Crippen molar-refractivity contribution >= 4 is 0 Å². The van der Waals surface area contributed by atoms with Gasteiger partial charge in [0.25, 0.3) is 0 Å². The fourth-order valence-corrected chi connectivity index (χ4v) is 3.24. The molecule has 0 saturated heterocycles. The van der Waals surface area contributed by atoms with Crippen LogP contribution in [0.4, 0.5) is 0 Å². The molecule has 4 rings (SSSR count). The molecule has 0 amide bonds. The van der Waals surface area contributed by atoms with E-state index in [1.165, 1.54) is 22.3 Å². The number of rotatable bonds is 2. The van der Waals surface area contributed by atoms with Crippen LogP contribution in [0.3, 0.4) is 0 Å². The lowest BCUT2D eigenvalue weighted by Crippen LogP contribution is -2.07. The normalized spacial score (nSPS) is 13.5. The zero-order chi connectivity index (χ0) is 14.4. The van der Waals surface area contributed by atoms with Gasteiger partial charge in [0.15, 0.2) is 0 Å². The number of nitrogens with zero attached hydrogens (tertiary/aromatic N) is 2. The van der Waals surface area contributed by atoms with Gasteiger partial charge in [-0.1, -0.05) is 62.4 Å². The van der Waals surface area contributed by atoms with E-state index in [-0.39, 0.29) is 6.04 Å². The Morgan fingerprint density at radius 1 is 0.905 bits per heavy atom. The predicted molar refractivity (Wildman–Crippen MR) is 85.4 cm³/mol. The Morgan fingerprint density at radius 3 is 2.00 bits per heavy atom. The number of hydrogen-bond acceptors (Lipinski definition) is 1. The molecule has 0 atom stereocenters. The first-order valence-electron chi connectivity index (χ1n) is 7.47. The highest BCUT2D eigenvalue weighted by Crippen LogP contribution is 2.45. The minimum atomic E-state index is 0.248. The van der Waals surface area contributed by atoms with Gasteiger partial charge in [0, 0.05) is 6.20 Å². The van der Waals surface area contributed by atoms with E-state index in [1.807, 2.05) is 6.33 Å². The van der Waals surface area contributed by atoms with Gasteiger partial charge in [-0.3, -0.25) is 0 Å². The highest BCUT2D eigenvalue weighted by Gasteiger charge is 2.29. The molecule has 1 heterocycles. The van der Waals surface area contributed by atoms with Crippen molar-refractivity contribution in [2.45, 2.75) is 25.8 Å². The van der Waals surface area contributed by atoms with Gasteiger partial charge in [-0.2, -0.15) is 0 Å². The smallest absolute Gasteiger partial charge is 0.0958 e. The van der Waals surface area contributed by atoms with Crippen molar-refractivity contribution in [2.24, 2.45) is 0 Å². The number of hydrogen-bond donors (Lipinski definition) is 0. The molecule has 1 aliphatic carbocycles. The number of aromatic nitrogens is 2. The van der Waals surface area contributed by atoms with E-state index in [9.17, 15) is 0 Å². The lowest BCUT2D eigenvalue weighted by atomic mass is 10.1. The molecule has 0 unspecified atom stereocenters. The van der Waals surface area contributed by atoms with Crippen LogP contribution in [0.25, 0.3) is 11.1 Å². The second-order valence-electron chi connectivity index (χ2n) is 5.98. The van der Waals surface area contributed by atoms with Crippen molar-refractivity contribution in [3.05, 3.63) is 77.9 Å². The van der Waals surface area contributed by atoms with Crippen LogP contribution in [-0.4, -0.2) is 9.55 Å². The van der Waals surface area contributed by atoms with Crippen molar-refractivity contribution in [3.63, 3.8) is 0 Å². The molecule has 2 nitrogen and oxygen atoms in total. The maximum absolute atomic E-state index is 4.57. The van der Waals surface area contributed by atoms with E-state index in [4.69, 9.17) is 0 Å². The van der Waals surface area contributed by atoms with Crippen LogP contribution in [0.2, 0.25) is 0 Å². The first-order valence-corrected chi connectivity index (χ1v) is 7.47. The van der Waals surface area contributed by atoms with Gasteiger partial charge in [-0.05, 0) is 28.2 Å². The van der Waals surface area contributed by atoms with Crippen molar-refractivity contribution in [2.75, 3.05) is 0 Å². The van der Waals surface area contributed by atoms with E-state index in [0.717, 1.165) is 5.69 Å². The summed E-state index contributed by atoms with van der Waals surface area (Å²) < 4.78 is 2.25. The van der Waals surface area contributed by atoms with Gasteiger partial charge in [-0.15, -0.1) is 0 Å². The standard InChI is InChI=1S/C19H18N2/c1-13(2)18-11-21(12-20-18)19-16-9-5-3-7-14(16)15-8-4-6-10-17(15)19/h3-13,19H,1-2H3. The first-order chi connectivity index (χ1) is 10.3. The largest absolute Gasteiger partial charge is 0.326 e. The average Bonchev–Trinajstić information content (AvgIpc) is 3.09. The summed E-state index contributed by atoms with van der Waals surface area (Å²) in [5.41, 5.74) is 6.57. The molecule has 0 saturated carbocycles. The Morgan fingerprint density at radius 2 is 1.48 bits per heavy atom. The summed E-state index contributed by atoms with van der Waals surface area (Å²) in [5.74, 6) is 0.457. The molecule has 3 aromatic rings. The maximum atomic E-state index is 4.57. The van der Waals surface area contributed by atoms with Crippen molar-refractivity contribution in [3.8, 4) is 11.1 Å². The third-order valence-electron chi connectivity index (χ3n) is 4.31. The van der Waals surface area contributed by atoms with E-state index >= 15 is 0 Å². The quantitative estimate of drug-likeness (QED) is 0.521. The third-order valence-corrected chi connectivity index (χ3v) is 4.31. The van der Waals surface area contributed by atoms with Crippen LogP contribution >= 0.6 is 0 Å². The monoisotopic (exact) mass is 274 g/mol. The van der Waals surface area contributed by atoms with Crippen LogP contribution in [0.15, 0.2) is 61.1 Å². The van der Waals surface area contributed by atoms with Crippen LogP contribution in [0, 0.1) is 0 Å². The van der Waals surface area contributed by atoms with E-state index in [0.29, 0.717) is 5.92 Å². The minimum absolute atomic E-state index is 0.248. The molecule has 21 heavy (non-hydrogen) atoms. The van der Waals surface area contributed by atoms with Gasteiger partial charge in [0.1, 0.15) is 0 Å². The topological polar surface area (TPSA) is 17.8 Å². The maximum Gasteiger partial charge on any atom is 0.0958 e. The highest BCUT2D eigenvalue weighted by atomic mass is 15.1. The summed E-state index contributed by atoms with van der Waals surface area (Å²) in [6.45, 7) is 4.37. The van der Waals surface area contributed by atoms with Gasteiger partial charge in [0.05, 0.1) is 18.1 Å². The zero-order valence-corrected chi connectivity index (χ0v) is 12.3. The van der Waals surface area contributed by atoms with Gasteiger partial charge in [-0.25, -0.2) is 4.98 Å². The summed E-state index contributed by atoms with van der Waals surface area (Å²) in [6.07, 6.45) is 4.16. The third kappa shape index (κ3) is 1.83. The van der Waals surface area contributed by atoms with E-state index < -0.39 is 0 Å². The Labute approximate surface area is 125 Å². The molecule has 1 aromatic heterocycles. The van der Waals surface area contributed by atoms with E-state index in [1.54, 1.807) is 0 Å². The van der Waals surface area contributed by atoms with Crippen molar-refractivity contribution in [1.29, 1.82) is 0 Å². The van der Waals surface area contributed by atoms with Gasteiger partial charge >= 0.3 is 0 Å². The first kappa shape index (κ1) is 12.4. The molecule has 2 heteroatoms. The minimum Gasteiger partial charge on any atom is -0.326 e. The average molecular weight is 274 g/mol. The predicted octanol–water partition coefficient (Wildman–Crippen LogP) is 4.62. The molecular formula is C19H18N2. The van der Waals surface area contributed by atoms with Crippen LogP contribution in [0.1, 0.15) is 42.6 Å². The number of benzene rings is 2. The molecule has 0 fully saturated rings. The molecule has 0 radical (unpaired) electrons. The lowest BCUT2D eigenvalue weighted by molar-refractivity contribution is 0.689. The number of fused-ring (bicyclic) bond motifs is 3. The fourth-order valence-electron chi connectivity index (χ4n) is 3.24. The summed E-state index contributed by atoms with van der Waals surface area (Å²) in [4.78, 5) is 4.57. The summed E-state index contributed by atoms with van der Waals surface area (Å²) in [5, 5.41) is 0. The van der Waals surface area contributed by atoms with Gasteiger partial charge in [0.2, 0.25) is 0 Å². The Balaban J connectivity index is 1.92. The molecule has 0 bridgehead atoms. The lowest BCUT2D eigenvalue weighted by Gasteiger charge is -2.15. The SMILES string of the molecule is CC(C)c1cn(C2c3ccccc3-c3ccccc32)cn1. The van der Waals surface area contributed by atoms with Gasteiger partial charge < -0.3 is 4.57 Å². The summed E-state index contributed by atoms with van der Waals surface area (Å²) in [7, 11) is 0. The Kier molecular flexibility index (Phi) is 2.71. The molecule has 0 spiro atoms. The van der Waals surface area contributed by atoms with Crippen molar-refractivity contribution in [1.82, 2.24) is 9.55 Å². The fraction of sp³-hybridized carbons (Fsp3) is 0.211. The second kappa shape index (κ2) is 4.59. The van der Waals surface area contributed by atoms with Crippen LogP contribution in [-0.2, 0) is 0 Å². The molecule has 0 aliphatic heterocycles. The summed E-state index contributed by atoms with van der Waals surface area (Å²) in [6, 6.07) is 17.6. The second-order valence-corrected chi connectivity index (χ2v) is 5.98. The molecule has 2 aromatic carbocycles. The summed E-state index contributed by atoms with van der Waals surface area (Å²) >= 11 is 0. The highest BCUT2D eigenvalue weighted by molar-refractivity contribution is 5.78. The molecule has 104 valence electrons. The van der Waals surface area contributed by atoms with Crippen LogP contribution in [0.5, 0.6) is 0 Å². The Hall–Kier alpha value is -2.35. The number of imidazole rings is 1. The van der Waals surface area contributed by atoms with Crippen LogP contribution < -0.4 is 0 Å². The van der Waals surface area contributed by atoms with E-state index in [2.05, 4.69) is 78.1 Å². The Bertz CT molecular complexity index is 753. The van der Waals surface area contributed by atoms with Crippen molar-refractivity contribution < 1.29 is 0 Å². The zero-order valence-electron chi connectivity index (χ0n) is 12.3.